The van der Waals surface area contributed by atoms with E-state index < -0.39 is 0 Å². The summed E-state index contributed by atoms with van der Waals surface area (Å²) < 4.78 is 5.20. The summed E-state index contributed by atoms with van der Waals surface area (Å²) in [5.41, 5.74) is 3.60. The van der Waals surface area contributed by atoms with Crippen LogP contribution in [-0.4, -0.2) is 12.1 Å². The molecule has 0 aliphatic carbocycles. The highest BCUT2D eigenvalue weighted by Crippen LogP contribution is 2.23. The monoisotopic (exact) mass is 319 g/mol. The highest BCUT2D eigenvalue weighted by atomic mass is 35.5. The largest absolute Gasteiger partial charge is 0.481 e. The molecular weight excluding hydrogens is 306 g/mol. The smallest absolute Gasteiger partial charge is 0.213 e. The Morgan fingerprint density at radius 2 is 1.74 bits per heavy atom. The molecule has 0 radical (unpaired) electrons. The Morgan fingerprint density at radius 3 is 2.57 bits per heavy atom. The summed E-state index contributed by atoms with van der Waals surface area (Å²) >= 11 is 6.00. The van der Waals surface area contributed by atoms with E-state index in [1.165, 1.54) is 0 Å². The highest BCUT2D eigenvalue weighted by molar-refractivity contribution is 6.30. The van der Waals surface area contributed by atoms with E-state index in [1.54, 1.807) is 7.11 Å². The van der Waals surface area contributed by atoms with Crippen LogP contribution in [0.3, 0.4) is 0 Å². The Morgan fingerprint density at radius 1 is 0.913 bits per heavy atom. The molecule has 3 heteroatoms. The van der Waals surface area contributed by atoms with Gasteiger partial charge in [0.05, 0.1) is 12.8 Å². The Balaban J connectivity index is 2.02. The molecule has 0 N–H and O–H groups in total. The molecule has 0 fully saturated rings. The minimum atomic E-state index is 0.583. The molecule has 112 valence electrons. The number of halogens is 1. The minimum Gasteiger partial charge on any atom is -0.481 e. The third-order valence-electron chi connectivity index (χ3n) is 3.30. The summed E-state index contributed by atoms with van der Waals surface area (Å²) in [6, 6.07) is 21.1. The van der Waals surface area contributed by atoms with Crippen LogP contribution in [0.1, 0.15) is 11.1 Å². The normalized spacial score (nSPS) is 9.83. The molecule has 0 aliphatic heterocycles. The molecule has 2 nitrogen and oxygen atoms in total. The second-order valence-electron chi connectivity index (χ2n) is 4.87. The molecule has 0 bridgehead atoms. The van der Waals surface area contributed by atoms with Crippen molar-refractivity contribution in [3.8, 4) is 29.0 Å². The fraction of sp³-hybridized carbons (Fsp3) is 0.0500. The number of nitrogens with zero attached hydrogens (tertiary/aromatic N) is 1. The molecule has 0 atom stereocenters. The lowest BCUT2D eigenvalue weighted by Gasteiger charge is -2.05. The van der Waals surface area contributed by atoms with Crippen molar-refractivity contribution in [2.24, 2.45) is 0 Å². The van der Waals surface area contributed by atoms with Crippen LogP contribution in [0.25, 0.3) is 11.3 Å². The molecule has 1 heterocycles. The van der Waals surface area contributed by atoms with Gasteiger partial charge in [-0.1, -0.05) is 53.8 Å². The lowest BCUT2D eigenvalue weighted by atomic mass is 10.0. The first-order valence-electron chi connectivity index (χ1n) is 7.14. The molecular formula is C20H14ClNO. The third kappa shape index (κ3) is 3.71. The maximum absolute atomic E-state index is 6.00. The van der Waals surface area contributed by atoms with Crippen molar-refractivity contribution >= 4 is 11.6 Å². The van der Waals surface area contributed by atoms with E-state index in [4.69, 9.17) is 16.3 Å². The summed E-state index contributed by atoms with van der Waals surface area (Å²) in [7, 11) is 1.61. The van der Waals surface area contributed by atoms with Gasteiger partial charge < -0.3 is 4.74 Å². The maximum Gasteiger partial charge on any atom is 0.213 e. The number of methoxy groups -OCH3 is 1. The Hall–Kier alpha value is -2.76. The van der Waals surface area contributed by atoms with E-state index in [1.807, 2.05) is 66.7 Å². The zero-order chi connectivity index (χ0) is 16.1. The van der Waals surface area contributed by atoms with Gasteiger partial charge in [-0.05, 0) is 30.3 Å². The topological polar surface area (TPSA) is 22.1 Å². The highest BCUT2D eigenvalue weighted by Gasteiger charge is 2.05. The second-order valence-corrected chi connectivity index (χ2v) is 5.31. The summed E-state index contributed by atoms with van der Waals surface area (Å²) in [6.07, 6.45) is 0. The van der Waals surface area contributed by atoms with Gasteiger partial charge in [0.2, 0.25) is 5.88 Å². The molecule has 1 aromatic heterocycles. The average molecular weight is 320 g/mol. The van der Waals surface area contributed by atoms with Crippen molar-refractivity contribution in [3.05, 3.63) is 82.9 Å². The molecule has 0 unspecified atom stereocenters. The standard InChI is InChI=1S/C20H14ClNO/c1-23-20-11-5-10-19(22-20)18-9-3-2-7-16(18)13-12-15-6-4-8-17(21)14-15/h2-11,14H,1H3. The number of benzene rings is 2. The number of pyridine rings is 1. The number of hydrogen-bond acceptors (Lipinski definition) is 2. The first kappa shape index (κ1) is 15.1. The first-order valence-corrected chi connectivity index (χ1v) is 7.52. The van der Waals surface area contributed by atoms with E-state index in [2.05, 4.69) is 16.8 Å². The van der Waals surface area contributed by atoms with Crippen LogP contribution in [0.4, 0.5) is 0 Å². The van der Waals surface area contributed by atoms with Gasteiger partial charge in [0, 0.05) is 27.8 Å². The van der Waals surface area contributed by atoms with Crippen molar-refractivity contribution in [3.63, 3.8) is 0 Å². The molecule has 0 saturated heterocycles. The molecule has 2 aromatic carbocycles. The molecule has 23 heavy (non-hydrogen) atoms. The van der Waals surface area contributed by atoms with Crippen molar-refractivity contribution in [1.82, 2.24) is 4.98 Å². The van der Waals surface area contributed by atoms with E-state index in [9.17, 15) is 0 Å². The fourth-order valence-electron chi connectivity index (χ4n) is 2.20. The van der Waals surface area contributed by atoms with Gasteiger partial charge in [0.1, 0.15) is 0 Å². The molecule has 0 spiro atoms. The Bertz CT molecular complexity index is 893. The molecule has 3 aromatic rings. The summed E-state index contributed by atoms with van der Waals surface area (Å²) in [5, 5.41) is 0.680. The van der Waals surface area contributed by atoms with Crippen LogP contribution < -0.4 is 4.74 Å². The summed E-state index contributed by atoms with van der Waals surface area (Å²) in [4.78, 5) is 4.48. The number of ether oxygens (including phenoxy) is 1. The number of hydrogen-bond donors (Lipinski definition) is 0. The van der Waals surface area contributed by atoms with Crippen molar-refractivity contribution < 1.29 is 4.74 Å². The number of rotatable bonds is 2. The molecule has 3 rings (SSSR count). The van der Waals surface area contributed by atoms with E-state index in [0.717, 1.165) is 22.4 Å². The van der Waals surface area contributed by atoms with Crippen molar-refractivity contribution in [1.29, 1.82) is 0 Å². The van der Waals surface area contributed by atoms with Gasteiger partial charge in [-0.25, -0.2) is 4.98 Å². The predicted molar refractivity (Wildman–Crippen MR) is 93.7 cm³/mol. The van der Waals surface area contributed by atoms with Crippen LogP contribution >= 0.6 is 11.6 Å². The van der Waals surface area contributed by atoms with E-state index in [0.29, 0.717) is 10.9 Å². The van der Waals surface area contributed by atoms with Crippen molar-refractivity contribution in [2.75, 3.05) is 7.11 Å². The van der Waals surface area contributed by atoms with Gasteiger partial charge in [-0.2, -0.15) is 0 Å². The SMILES string of the molecule is COc1cccc(-c2ccccc2C#Cc2cccc(Cl)c2)n1. The number of aromatic nitrogens is 1. The van der Waals surface area contributed by atoms with Gasteiger partial charge in [-0.15, -0.1) is 0 Å². The van der Waals surface area contributed by atoms with Crippen molar-refractivity contribution in [2.45, 2.75) is 0 Å². The second kappa shape index (κ2) is 7.00. The summed E-state index contributed by atoms with van der Waals surface area (Å²) in [6.45, 7) is 0. The maximum atomic E-state index is 6.00. The van der Waals surface area contributed by atoms with Crippen LogP contribution in [0, 0.1) is 11.8 Å². The quantitative estimate of drug-likeness (QED) is 0.632. The lowest BCUT2D eigenvalue weighted by molar-refractivity contribution is 0.398. The van der Waals surface area contributed by atoms with Crippen LogP contribution in [0.5, 0.6) is 5.88 Å². The summed E-state index contributed by atoms with van der Waals surface area (Å²) in [5.74, 6) is 6.93. The van der Waals surface area contributed by atoms with Gasteiger partial charge >= 0.3 is 0 Å². The van der Waals surface area contributed by atoms with Crippen LogP contribution in [0.15, 0.2) is 66.7 Å². The lowest BCUT2D eigenvalue weighted by Crippen LogP contribution is -1.91. The van der Waals surface area contributed by atoms with Crippen LogP contribution in [0.2, 0.25) is 5.02 Å². The third-order valence-corrected chi connectivity index (χ3v) is 3.54. The molecule has 0 saturated carbocycles. The molecule has 0 aliphatic rings. The fourth-order valence-corrected chi connectivity index (χ4v) is 2.39. The Kier molecular flexibility index (Phi) is 4.61. The van der Waals surface area contributed by atoms with Gasteiger partial charge in [0.25, 0.3) is 0 Å². The zero-order valence-electron chi connectivity index (χ0n) is 12.6. The van der Waals surface area contributed by atoms with Crippen LogP contribution in [-0.2, 0) is 0 Å². The Labute approximate surface area is 140 Å². The van der Waals surface area contributed by atoms with E-state index >= 15 is 0 Å². The minimum absolute atomic E-state index is 0.583. The molecule has 0 amide bonds. The van der Waals surface area contributed by atoms with Gasteiger partial charge in [0.15, 0.2) is 0 Å². The van der Waals surface area contributed by atoms with E-state index in [-0.39, 0.29) is 0 Å². The first-order chi connectivity index (χ1) is 11.3. The van der Waals surface area contributed by atoms with Gasteiger partial charge in [-0.3, -0.25) is 0 Å². The predicted octanol–water partition coefficient (Wildman–Crippen LogP) is 4.81. The zero-order valence-corrected chi connectivity index (χ0v) is 13.3. The average Bonchev–Trinajstić information content (AvgIpc) is 2.60.